The number of benzene rings is 2. The van der Waals surface area contributed by atoms with Crippen LogP contribution in [-0.2, 0) is 16.2 Å². The van der Waals surface area contributed by atoms with Crippen molar-refractivity contribution >= 4 is 16.7 Å². The molecule has 0 spiro atoms. The summed E-state index contributed by atoms with van der Waals surface area (Å²) in [4.78, 5) is 16.5. The summed E-state index contributed by atoms with van der Waals surface area (Å²) < 4.78 is 5.23. The number of fused-ring (bicyclic) bond motifs is 1. The highest BCUT2D eigenvalue weighted by atomic mass is 16.6. The van der Waals surface area contributed by atoms with Gasteiger partial charge in [-0.3, -0.25) is 9.63 Å². The van der Waals surface area contributed by atoms with Crippen LogP contribution in [0.1, 0.15) is 12.5 Å². The number of carbonyl (C=O) groups is 1. The molecule has 20 heavy (non-hydrogen) atoms. The quantitative estimate of drug-likeness (QED) is 0.672. The Labute approximate surface area is 118 Å². The van der Waals surface area contributed by atoms with Gasteiger partial charge >= 0.3 is 0 Å². The maximum atomic E-state index is 11.3. The summed E-state index contributed by atoms with van der Waals surface area (Å²) in [5.41, 5.74) is 3.36. The third kappa shape index (κ3) is 3.36. The number of rotatable bonds is 5. The van der Waals surface area contributed by atoms with E-state index in [-0.39, 0.29) is 5.91 Å². The maximum Gasteiger partial charge on any atom is 0.267 e. The largest absolute Gasteiger partial charge is 0.497 e. The summed E-state index contributed by atoms with van der Waals surface area (Å²) >= 11 is 0. The molecule has 2 aromatic rings. The van der Waals surface area contributed by atoms with Crippen molar-refractivity contribution in [1.29, 1.82) is 0 Å². The second-order valence-electron chi connectivity index (χ2n) is 4.26. The zero-order valence-electron chi connectivity index (χ0n) is 11.6. The number of hydrogen-bond acceptors (Lipinski definition) is 3. The first-order chi connectivity index (χ1) is 9.74. The molecular weight excluding hydrogens is 254 g/mol. The summed E-state index contributed by atoms with van der Waals surface area (Å²) in [6.07, 6.45) is 3.06. The van der Waals surface area contributed by atoms with Crippen LogP contribution in [0, 0.1) is 0 Å². The number of hydrogen-bond donors (Lipinski definition) is 1. The van der Waals surface area contributed by atoms with Gasteiger partial charge < -0.3 is 4.74 Å². The Morgan fingerprint density at radius 2 is 2.15 bits per heavy atom. The number of methoxy groups -OCH3 is 1. The van der Waals surface area contributed by atoms with E-state index >= 15 is 0 Å². The molecule has 2 rings (SSSR count). The SMILES string of the molecule is CC=CC(=O)NOCc1cccc2ccc(OC)cc12. The molecule has 0 aliphatic rings. The first kappa shape index (κ1) is 14.1. The molecule has 4 nitrogen and oxygen atoms in total. The van der Waals surface area contributed by atoms with Gasteiger partial charge in [0.25, 0.3) is 5.91 Å². The van der Waals surface area contributed by atoms with Gasteiger partial charge in [0.05, 0.1) is 7.11 Å². The Balaban J connectivity index is 2.15. The van der Waals surface area contributed by atoms with E-state index in [2.05, 4.69) is 5.48 Å². The fourth-order valence-electron chi connectivity index (χ4n) is 1.94. The molecule has 0 saturated carbocycles. The lowest BCUT2D eigenvalue weighted by Gasteiger charge is -2.09. The van der Waals surface area contributed by atoms with Crippen LogP contribution in [-0.4, -0.2) is 13.0 Å². The number of hydroxylamine groups is 1. The summed E-state index contributed by atoms with van der Waals surface area (Å²) in [6, 6.07) is 11.8. The van der Waals surface area contributed by atoms with Crippen LogP contribution in [0.4, 0.5) is 0 Å². The average Bonchev–Trinajstić information content (AvgIpc) is 2.47. The summed E-state index contributed by atoms with van der Waals surface area (Å²) in [5, 5.41) is 2.15. The zero-order chi connectivity index (χ0) is 14.4. The molecule has 1 N–H and O–H groups in total. The predicted octanol–water partition coefficient (Wildman–Crippen LogP) is 2.97. The van der Waals surface area contributed by atoms with Gasteiger partial charge in [-0.05, 0) is 35.4 Å². The van der Waals surface area contributed by atoms with Gasteiger partial charge in [-0.1, -0.05) is 30.3 Å². The fourth-order valence-corrected chi connectivity index (χ4v) is 1.94. The molecule has 2 aromatic carbocycles. The minimum atomic E-state index is -0.273. The van der Waals surface area contributed by atoms with Crippen LogP contribution >= 0.6 is 0 Å². The summed E-state index contributed by atoms with van der Waals surface area (Å²) in [7, 11) is 1.64. The first-order valence-electron chi connectivity index (χ1n) is 6.34. The van der Waals surface area contributed by atoms with Gasteiger partial charge in [-0.2, -0.15) is 0 Å². The monoisotopic (exact) mass is 271 g/mol. The minimum absolute atomic E-state index is 0.273. The Morgan fingerprint density at radius 3 is 2.90 bits per heavy atom. The molecule has 0 bridgehead atoms. The molecule has 0 fully saturated rings. The molecule has 0 radical (unpaired) electrons. The second kappa shape index (κ2) is 6.73. The molecule has 0 aliphatic heterocycles. The van der Waals surface area contributed by atoms with E-state index in [0.29, 0.717) is 6.61 Å². The molecule has 0 aliphatic carbocycles. The first-order valence-corrected chi connectivity index (χ1v) is 6.34. The molecule has 104 valence electrons. The maximum absolute atomic E-state index is 11.3. The van der Waals surface area contributed by atoms with Crippen molar-refractivity contribution in [2.24, 2.45) is 0 Å². The Morgan fingerprint density at radius 1 is 1.30 bits per heavy atom. The van der Waals surface area contributed by atoms with E-state index in [1.807, 2.05) is 36.4 Å². The van der Waals surface area contributed by atoms with Gasteiger partial charge in [-0.25, -0.2) is 5.48 Å². The van der Waals surface area contributed by atoms with Gasteiger partial charge in [0.2, 0.25) is 0 Å². The Kier molecular flexibility index (Phi) is 4.74. The van der Waals surface area contributed by atoms with Crippen LogP contribution in [0.5, 0.6) is 5.75 Å². The highest BCUT2D eigenvalue weighted by Crippen LogP contribution is 2.24. The van der Waals surface area contributed by atoms with Crippen LogP contribution in [0.15, 0.2) is 48.6 Å². The number of nitrogens with one attached hydrogen (secondary N) is 1. The molecule has 0 heterocycles. The van der Waals surface area contributed by atoms with Gasteiger partial charge in [0.15, 0.2) is 0 Å². The standard InChI is InChI=1S/C16H17NO3/c1-3-5-16(18)17-20-11-13-7-4-6-12-8-9-14(19-2)10-15(12)13/h3-10H,11H2,1-2H3,(H,17,18). The molecule has 0 unspecified atom stereocenters. The molecule has 0 saturated heterocycles. The van der Waals surface area contributed by atoms with Crippen molar-refractivity contribution in [3.8, 4) is 5.75 Å². The van der Waals surface area contributed by atoms with E-state index in [4.69, 9.17) is 9.57 Å². The fraction of sp³-hybridized carbons (Fsp3) is 0.188. The lowest BCUT2D eigenvalue weighted by atomic mass is 10.0. The zero-order valence-corrected chi connectivity index (χ0v) is 11.6. The second-order valence-corrected chi connectivity index (χ2v) is 4.26. The molecular formula is C16H17NO3. The van der Waals surface area contributed by atoms with Crippen LogP contribution < -0.4 is 10.2 Å². The molecule has 4 heteroatoms. The Hall–Kier alpha value is -2.33. The number of amides is 1. The number of ether oxygens (including phenoxy) is 1. The van der Waals surface area contributed by atoms with E-state index in [0.717, 1.165) is 22.1 Å². The smallest absolute Gasteiger partial charge is 0.267 e. The highest BCUT2D eigenvalue weighted by molar-refractivity contribution is 5.87. The minimum Gasteiger partial charge on any atom is -0.497 e. The topological polar surface area (TPSA) is 47.6 Å². The van der Waals surface area contributed by atoms with Crippen LogP contribution in [0.3, 0.4) is 0 Å². The third-order valence-electron chi connectivity index (χ3n) is 2.90. The normalized spacial score (nSPS) is 10.9. The lowest BCUT2D eigenvalue weighted by Crippen LogP contribution is -2.21. The van der Waals surface area contributed by atoms with Crippen molar-refractivity contribution < 1.29 is 14.4 Å². The molecule has 0 aromatic heterocycles. The van der Waals surface area contributed by atoms with Gasteiger partial charge in [-0.15, -0.1) is 0 Å². The van der Waals surface area contributed by atoms with Crippen LogP contribution in [0.25, 0.3) is 10.8 Å². The number of allylic oxidation sites excluding steroid dienone is 1. The van der Waals surface area contributed by atoms with E-state index in [1.165, 1.54) is 6.08 Å². The molecule has 0 atom stereocenters. The van der Waals surface area contributed by atoms with Gasteiger partial charge in [0.1, 0.15) is 12.4 Å². The van der Waals surface area contributed by atoms with Crippen molar-refractivity contribution in [2.75, 3.05) is 7.11 Å². The summed E-state index contributed by atoms with van der Waals surface area (Å²) in [6.45, 7) is 2.07. The van der Waals surface area contributed by atoms with Crippen LogP contribution in [0.2, 0.25) is 0 Å². The predicted molar refractivity (Wildman–Crippen MR) is 78.2 cm³/mol. The van der Waals surface area contributed by atoms with E-state index in [9.17, 15) is 4.79 Å². The van der Waals surface area contributed by atoms with E-state index < -0.39 is 0 Å². The highest BCUT2D eigenvalue weighted by Gasteiger charge is 2.03. The van der Waals surface area contributed by atoms with Crippen molar-refractivity contribution in [1.82, 2.24) is 5.48 Å². The number of carbonyl (C=O) groups excluding carboxylic acids is 1. The van der Waals surface area contributed by atoms with Gasteiger partial charge in [0, 0.05) is 6.08 Å². The van der Waals surface area contributed by atoms with Crippen molar-refractivity contribution in [3.63, 3.8) is 0 Å². The molecule has 1 amide bonds. The lowest BCUT2D eigenvalue weighted by molar-refractivity contribution is -0.129. The third-order valence-corrected chi connectivity index (χ3v) is 2.90. The Bertz CT molecular complexity index is 635. The average molecular weight is 271 g/mol. The summed E-state index contributed by atoms with van der Waals surface area (Å²) in [5.74, 6) is 0.521. The van der Waals surface area contributed by atoms with Crippen molar-refractivity contribution in [2.45, 2.75) is 13.5 Å². The van der Waals surface area contributed by atoms with E-state index in [1.54, 1.807) is 20.1 Å². The van der Waals surface area contributed by atoms with Crippen molar-refractivity contribution in [3.05, 3.63) is 54.1 Å².